The Labute approximate surface area is 116 Å². The van der Waals surface area contributed by atoms with E-state index in [1.54, 1.807) is 38.1 Å². The van der Waals surface area contributed by atoms with Crippen molar-refractivity contribution in [1.29, 1.82) is 10.7 Å². The number of carbonyl (C=O) groups is 1. The number of hydrazone groups is 1. The van der Waals surface area contributed by atoms with E-state index in [1.807, 2.05) is 0 Å². The third-order valence-electron chi connectivity index (χ3n) is 2.39. The molecule has 0 heterocycles. The molecule has 1 rings (SSSR count). The number of carbonyl (C=O) groups excluding carboxylic acids is 1. The number of anilines is 1. The average Bonchev–Trinajstić information content (AvgIpc) is 2.41. The van der Waals surface area contributed by atoms with Gasteiger partial charge >= 0.3 is 5.97 Å². The summed E-state index contributed by atoms with van der Waals surface area (Å²) in [4.78, 5) is 11.7. The Morgan fingerprint density at radius 3 is 2.85 bits per heavy atom. The van der Waals surface area contributed by atoms with Crippen LogP contribution in [0.25, 0.3) is 0 Å². The van der Waals surface area contributed by atoms with Crippen molar-refractivity contribution in [2.24, 2.45) is 10.8 Å². The van der Waals surface area contributed by atoms with Gasteiger partial charge in [0.2, 0.25) is 5.71 Å². The molecule has 0 saturated heterocycles. The van der Waals surface area contributed by atoms with Gasteiger partial charge in [-0.15, -0.1) is 0 Å². The molecule has 0 amide bonds. The molecule has 7 nitrogen and oxygen atoms in total. The van der Waals surface area contributed by atoms with E-state index in [0.717, 1.165) is 5.56 Å². The van der Waals surface area contributed by atoms with Gasteiger partial charge in [0.15, 0.2) is 5.84 Å². The van der Waals surface area contributed by atoms with E-state index in [4.69, 9.17) is 21.1 Å². The van der Waals surface area contributed by atoms with Crippen LogP contribution in [0.3, 0.4) is 0 Å². The van der Waals surface area contributed by atoms with E-state index >= 15 is 0 Å². The zero-order valence-electron chi connectivity index (χ0n) is 11.2. The van der Waals surface area contributed by atoms with Gasteiger partial charge in [-0.2, -0.15) is 10.4 Å². The number of amidine groups is 1. The number of nitriles is 1. The molecule has 0 aromatic heterocycles. The van der Waals surface area contributed by atoms with Crippen LogP contribution < -0.4 is 11.2 Å². The Bertz CT molecular complexity index is 601. The van der Waals surface area contributed by atoms with Gasteiger partial charge in [-0.05, 0) is 31.5 Å². The third kappa shape index (κ3) is 3.81. The monoisotopic (exact) mass is 273 g/mol. The summed E-state index contributed by atoms with van der Waals surface area (Å²) < 4.78 is 4.94. The highest BCUT2D eigenvalue weighted by Crippen LogP contribution is 2.16. The standard InChI is InChI=1S/C13H15N5O2/c1-3-20-13(19)10-6-9(5-4-8(10)2)17-18-11(7-14)12(15)16/h4-6,17H,3H2,1-2H3,(H3,15,16)/b18-11+. The van der Waals surface area contributed by atoms with E-state index in [0.29, 0.717) is 11.3 Å². The summed E-state index contributed by atoms with van der Waals surface area (Å²) in [6, 6.07) is 6.67. The van der Waals surface area contributed by atoms with Crippen LogP contribution in [0, 0.1) is 23.7 Å². The fraction of sp³-hybridized carbons (Fsp3) is 0.231. The first kappa shape index (κ1) is 15.2. The Morgan fingerprint density at radius 2 is 2.30 bits per heavy atom. The second kappa shape index (κ2) is 6.89. The van der Waals surface area contributed by atoms with Gasteiger partial charge in [0.25, 0.3) is 0 Å². The lowest BCUT2D eigenvalue weighted by atomic mass is 10.1. The zero-order valence-corrected chi connectivity index (χ0v) is 11.2. The van der Waals surface area contributed by atoms with Crippen LogP contribution in [0.1, 0.15) is 22.8 Å². The van der Waals surface area contributed by atoms with Crippen molar-refractivity contribution in [2.45, 2.75) is 13.8 Å². The van der Waals surface area contributed by atoms with Gasteiger partial charge in [0.1, 0.15) is 6.07 Å². The van der Waals surface area contributed by atoms with Crippen molar-refractivity contribution in [3.05, 3.63) is 29.3 Å². The van der Waals surface area contributed by atoms with Gasteiger partial charge in [0, 0.05) is 0 Å². The first-order valence-corrected chi connectivity index (χ1v) is 5.85. The molecular formula is C13H15N5O2. The fourth-order valence-electron chi connectivity index (χ4n) is 1.39. The molecule has 0 aliphatic rings. The Hall–Kier alpha value is -2.88. The van der Waals surface area contributed by atoms with Gasteiger partial charge in [-0.25, -0.2) is 4.79 Å². The minimum Gasteiger partial charge on any atom is -0.462 e. The molecule has 1 aromatic carbocycles. The van der Waals surface area contributed by atoms with Crippen LogP contribution in [-0.4, -0.2) is 24.1 Å². The number of hydrogen-bond acceptors (Lipinski definition) is 6. The number of benzene rings is 1. The predicted molar refractivity (Wildman–Crippen MR) is 75.7 cm³/mol. The van der Waals surface area contributed by atoms with E-state index in [-0.39, 0.29) is 12.3 Å². The summed E-state index contributed by atoms with van der Waals surface area (Å²) in [5, 5.41) is 19.5. The molecule has 4 N–H and O–H groups in total. The fourth-order valence-corrected chi connectivity index (χ4v) is 1.39. The molecule has 0 saturated carbocycles. The lowest BCUT2D eigenvalue weighted by Gasteiger charge is -2.08. The van der Waals surface area contributed by atoms with E-state index in [1.165, 1.54) is 0 Å². The van der Waals surface area contributed by atoms with Gasteiger partial charge in [-0.3, -0.25) is 10.8 Å². The molecule has 20 heavy (non-hydrogen) atoms. The molecule has 1 aromatic rings. The van der Waals surface area contributed by atoms with Crippen LogP contribution in [0.5, 0.6) is 0 Å². The summed E-state index contributed by atoms with van der Waals surface area (Å²) in [7, 11) is 0. The molecule has 0 fully saturated rings. The number of esters is 1. The summed E-state index contributed by atoms with van der Waals surface area (Å²) in [6.07, 6.45) is 0. The maximum absolute atomic E-state index is 11.7. The highest BCUT2D eigenvalue weighted by atomic mass is 16.5. The molecule has 0 atom stereocenters. The second-order valence-corrected chi connectivity index (χ2v) is 3.85. The molecule has 104 valence electrons. The first-order chi connectivity index (χ1) is 9.49. The van der Waals surface area contributed by atoms with Gasteiger partial charge in [0.05, 0.1) is 17.9 Å². The maximum atomic E-state index is 11.7. The molecule has 0 aliphatic carbocycles. The zero-order chi connectivity index (χ0) is 15.1. The van der Waals surface area contributed by atoms with E-state index in [2.05, 4.69) is 10.5 Å². The number of nitrogens with two attached hydrogens (primary N) is 1. The number of nitrogens with zero attached hydrogens (tertiary/aromatic N) is 2. The summed E-state index contributed by atoms with van der Waals surface area (Å²) in [5.41, 5.74) is 9.19. The number of hydrogen-bond donors (Lipinski definition) is 3. The molecule has 0 unspecified atom stereocenters. The Morgan fingerprint density at radius 1 is 1.60 bits per heavy atom. The second-order valence-electron chi connectivity index (χ2n) is 3.85. The van der Waals surface area contributed by atoms with Crippen LogP contribution in [0.4, 0.5) is 5.69 Å². The smallest absolute Gasteiger partial charge is 0.338 e. The molecule has 0 bridgehead atoms. The van der Waals surface area contributed by atoms with Gasteiger partial charge in [-0.1, -0.05) is 6.07 Å². The van der Waals surface area contributed by atoms with Crippen molar-refractivity contribution >= 4 is 23.2 Å². The molecule has 0 aliphatic heterocycles. The Balaban J connectivity index is 2.99. The topological polar surface area (TPSA) is 124 Å². The minimum absolute atomic E-state index is 0.233. The average molecular weight is 273 g/mol. The first-order valence-electron chi connectivity index (χ1n) is 5.85. The van der Waals surface area contributed by atoms with Crippen molar-refractivity contribution in [1.82, 2.24) is 0 Å². The molecular weight excluding hydrogens is 258 g/mol. The highest BCUT2D eigenvalue weighted by Gasteiger charge is 2.10. The lowest BCUT2D eigenvalue weighted by molar-refractivity contribution is 0.0525. The van der Waals surface area contributed by atoms with E-state index in [9.17, 15) is 4.79 Å². The van der Waals surface area contributed by atoms with E-state index < -0.39 is 11.8 Å². The van der Waals surface area contributed by atoms with Crippen LogP contribution >= 0.6 is 0 Å². The van der Waals surface area contributed by atoms with Crippen molar-refractivity contribution in [2.75, 3.05) is 12.0 Å². The summed E-state index contributed by atoms with van der Waals surface area (Å²) >= 11 is 0. The summed E-state index contributed by atoms with van der Waals surface area (Å²) in [6.45, 7) is 3.80. The van der Waals surface area contributed by atoms with Gasteiger partial charge < -0.3 is 10.5 Å². The number of rotatable bonds is 5. The van der Waals surface area contributed by atoms with Crippen molar-refractivity contribution in [3.8, 4) is 6.07 Å². The Kier molecular flexibility index (Phi) is 5.23. The minimum atomic E-state index is -0.433. The van der Waals surface area contributed by atoms with Crippen LogP contribution in [0.2, 0.25) is 0 Å². The normalized spacial score (nSPS) is 10.6. The van der Waals surface area contributed by atoms with Crippen LogP contribution in [-0.2, 0) is 4.74 Å². The quantitative estimate of drug-likeness (QED) is 0.323. The van der Waals surface area contributed by atoms with Crippen LogP contribution in [0.15, 0.2) is 23.3 Å². The highest BCUT2D eigenvalue weighted by molar-refractivity contribution is 6.45. The predicted octanol–water partition coefficient (Wildman–Crippen LogP) is 1.40. The largest absolute Gasteiger partial charge is 0.462 e. The SMILES string of the molecule is CCOC(=O)c1cc(N/N=C(\C#N)C(=N)N)ccc1C. The van der Waals surface area contributed by atoms with Crippen molar-refractivity contribution < 1.29 is 9.53 Å². The number of nitrogens with one attached hydrogen (secondary N) is 2. The molecule has 0 spiro atoms. The molecule has 0 radical (unpaired) electrons. The number of aryl methyl sites for hydroxylation is 1. The maximum Gasteiger partial charge on any atom is 0.338 e. The van der Waals surface area contributed by atoms with Crippen molar-refractivity contribution in [3.63, 3.8) is 0 Å². The lowest BCUT2D eigenvalue weighted by Crippen LogP contribution is -2.21. The number of ether oxygens (including phenoxy) is 1. The molecule has 7 heteroatoms. The summed E-state index contributed by atoms with van der Waals surface area (Å²) in [5.74, 6) is -0.859. The third-order valence-corrected chi connectivity index (χ3v) is 2.39.